The molecule has 2 aliphatic rings. The topological polar surface area (TPSA) is 66.4 Å². The van der Waals surface area contributed by atoms with E-state index in [0.29, 0.717) is 12.5 Å². The molecule has 2 aromatic rings. The quantitative estimate of drug-likeness (QED) is 0.871. The summed E-state index contributed by atoms with van der Waals surface area (Å²) in [6.07, 6.45) is 6.37. The van der Waals surface area contributed by atoms with Crippen molar-refractivity contribution in [3.8, 4) is 0 Å². The van der Waals surface area contributed by atoms with E-state index in [4.69, 9.17) is 0 Å². The predicted octanol–water partition coefficient (Wildman–Crippen LogP) is 2.45. The first-order valence-corrected chi connectivity index (χ1v) is 9.81. The summed E-state index contributed by atoms with van der Waals surface area (Å²) in [5.41, 5.74) is 1.50. The molecular weight excluding hydrogens is 340 g/mol. The summed E-state index contributed by atoms with van der Waals surface area (Å²) in [6.45, 7) is 2.02. The van der Waals surface area contributed by atoms with E-state index in [-0.39, 0.29) is 17.2 Å². The maximum Gasteiger partial charge on any atom is 0.241 e. The maximum absolute atomic E-state index is 13.2. The molecule has 2 atom stereocenters. The molecule has 27 heavy (non-hydrogen) atoms. The number of carbonyl (C=O) groups excluding carboxylic acids is 2. The van der Waals surface area contributed by atoms with Crippen LogP contribution in [0.1, 0.15) is 25.7 Å². The number of likely N-dealkylation sites (N-methyl/N-ethyl adjacent to an activating group) is 1. The van der Waals surface area contributed by atoms with Crippen molar-refractivity contribution in [2.45, 2.75) is 32.2 Å². The van der Waals surface area contributed by atoms with Gasteiger partial charge in [-0.15, -0.1) is 0 Å². The minimum atomic E-state index is -0.268. The molecule has 0 unspecified atom stereocenters. The molecule has 1 aliphatic carbocycles. The number of nitrogens with one attached hydrogen (secondary N) is 2. The molecule has 6 nitrogen and oxygen atoms in total. The zero-order chi connectivity index (χ0) is 19.0. The molecule has 2 heterocycles. The number of anilines is 1. The molecule has 1 aliphatic heterocycles. The van der Waals surface area contributed by atoms with Gasteiger partial charge in [0.05, 0.1) is 10.9 Å². The fourth-order valence-corrected chi connectivity index (χ4v) is 4.63. The van der Waals surface area contributed by atoms with Crippen LogP contribution in [-0.4, -0.2) is 48.5 Å². The third-order valence-electron chi connectivity index (χ3n) is 6.33. The van der Waals surface area contributed by atoms with Crippen molar-refractivity contribution in [3.05, 3.63) is 30.5 Å². The molecule has 2 fully saturated rings. The lowest BCUT2D eigenvalue weighted by molar-refractivity contribution is -0.129. The summed E-state index contributed by atoms with van der Waals surface area (Å²) in [4.78, 5) is 26.8. The van der Waals surface area contributed by atoms with Crippen molar-refractivity contribution in [3.63, 3.8) is 0 Å². The third kappa shape index (κ3) is 3.23. The number of fused-ring (bicyclic) bond motifs is 2. The van der Waals surface area contributed by atoms with Gasteiger partial charge < -0.3 is 20.1 Å². The monoisotopic (exact) mass is 368 g/mol. The number of benzene rings is 1. The van der Waals surface area contributed by atoms with Gasteiger partial charge in [-0.1, -0.05) is 18.9 Å². The summed E-state index contributed by atoms with van der Waals surface area (Å²) in [5.74, 6) is 0.624. The average Bonchev–Trinajstić information content (AvgIpc) is 3.26. The highest BCUT2D eigenvalue weighted by molar-refractivity contribution is 5.98. The number of nitrogens with zero attached hydrogens (tertiary/aromatic N) is 2. The maximum atomic E-state index is 13.2. The Balaban J connectivity index is 1.57. The second-order valence-corrected chi connectivity index (χ2v) is 8.19. The summed E-state index contributed by atoms with van der Waals surface area (Å²) < 4.78 is 1.94. The largest absolute Gasteiger partial charge is 0.347 e. The van der Waals surface area contributed by atoms with Gasteiger partial charge in [0.25, 0.3) is 0 Å². The smallest absolute Gasteiger partial charge is 0.241 e. The van der Waals surface area contributed by atoms with Crippen molar-refractivity contribution in [1.29, 1.82) is 0 Å². The molecule has 0 bridgehead atoms. The van der Waals surface area contributed by atoms with Gasteiger partial charge in [0, 0.05) is 32.5 Å². The first-order valence-electron chi connectivity index (χ1n) is 9.81. The summed E-state index contributed by atoms with van der Waals surface area (Å²) >= 11 is 0. The lowest BCUT2D eigenvalue weighted by Crippen LogP contribution is -2.44. The van der Waals surface area contributed by atoms with Crippen LogP contribution in [0.3, 0.4) is 0 Å². The van der Waals surface area contributed by atoms with E-state index in [1.54, 1.807) is 19.0 Å². The van der Waals surface area contributed by atoms with Crippen LogP contribution in [0.2, 0.25) is 0 Å². The van der Waals surface area contributed by atoms with Gasteiger partial charge in [0.15, 0.2) is 0 Å². The Kier molecular flexibility index (Phi) is 4.68. The van der Waals surface area contributed by atoms with Crippen LogP contribution in [-0.2, 0) is 16.1 Å². The molecule has 2 N–H and O–H groups in total. The Bertz CT molecular complexity index is 872. The van der Waals surface area contributed by atoms with Crippen molar-refractivity contribution >= 4 is 28.4 Å². The first kappa shape index (κ1) is 18.0. The summed E-state index contributed by atoms with van der Waals surface area (Å²) in [7, 11) is 3.52. The van der Waals surface area contributed by atoms with Crippen molar-refractivity contribution in [2.75, 3.05) is 32.5 Å². The van der Waals surface area contributed by atoms with Crippen LogP contribution in [0, 0.1) is 11.3 Å². The Morgan fingerprint density at radius 3 is 2.96 bits per heavy atom. The summed E-state index contributed by atoms with van der Waals surface area (Å²) in [5, 5.41) is 7.67. The van der Waals surface area contributed by atoms with Crippen LogP contribution >= 0.6 is 0 Å². The Labute approximate surface area is 159 Å². The van der Waals surface area contributed by atoms with Gasteiger partial charge in [-0.25, -0.2) is 0 Å². The summed E-state index contributed by atoms with van der Waals surface area (Å²) in [6, 6.07) is 7.94. The SMILES string of the molecule is CN(C)C(=O)Cn1ccc2ccc(NC(=O)[C@@]34CCCC[C@H]3CNC4)cc21. The minimum Gasteiger partial charge on any atom is -0.347 e. The van der Waals surface area contributed by atoms with Crippen molar-refractivity contribution in [2.24, 2.45) is 11.3 Å². The van der Waals surface area contributed by atoms with Crippen LogP contribution < -0.4 is 10.6 Å². The molecule has 1 aromatic heterocycles. The van der Waals surface area contributed by atoms with Gasteiger partial charge in [0.1, 0.15) is 6.54 Å². The van der Waals surface area contributed by atoms with Crippen LogP contribution in [0.4, 0.5) is 5.69 Å². The molecule has 2 amide bonds. The molecule has 4 rings (SSSR count). The van der Waals surface area contributed by atoms with Gasteiger partial charge >= 0.3 is 0 Å². The van der Waals surface area contributed by atoms with E-state index >= 15 is 0 Å². The van der Waals surface area contributed by atoms with Gasteiger partial charge in [0.2, 0.25) is 11.8 Å². The lowest BCUT2D eigenvalue weighted by atomic mass is 9.67. The van der Waals surface area contributed by atoms with Crippen LogP contribution in [0.5, 0.6) is 0 Å². The third-order valence-corrected chi connectivity index (χ3v) is 6.33. The lowest BCUT2D eigenvalue weighted by Gasteiger charge is -2.37. The molecule has 1 aromatic carbocycles. The molecule has 0 spiro atoms. The van der Waals surface area contributed by atoms with E-state index in [2.05, 4.69) is 10.6 Å². The van der Waals surface area contributed by atoms with Gasteiger partial charge in [-0.05, 0) is 48.9 Å². The van der Waals surface area contributed by atoms with E-state index in [0.717, 1.165) is 48.9 Å². The van der Waals surface area contributed by atoms with Crippen LogP contribution in [0.15, 0.2) is 30.5 Å². The van der Waals surface area contributed by atoms with Gasteiger partial charge in [-0.2, -0.15) is 0 Å². The fourth-order valence-electron chi connectivity index (χ4n) is 4.63. The fraction of sp³-hybridized carbons (Fsp3) is 0.524. The Hall–Kier alpha value is -2.34. The highest BCUT2D eigenvalue weighted by Gasteiger charge is 2.49. The predicted molar refractivity (Wildman–Crippen MR) is 107 cm³/mol. The Morgan fingerprint density at radius 1 is 1.30 bits per heavy atom. The van der Waals surface area contributed by atoms with E-state index in [1.807, 2.05) is 35.0 Å². The van der Waals surface area contributed by atoms with Crippen molar-refractivity contribution in [1.82, 2.24) is 14.8 Å². The second-order valence-electron chi connectivity index (χ2n) is 8.19. The zero-order valence-electron chi connectivity index (χ0n) is 16.1. The van der Waals surface area contributed by atoms with E-state index in [9.17, 15) is 9.59 Å². The van der Waals surface area contributed by atoms with E-state index in [1.165, 1.54) is 6.42 Å². The molecular formula is C21H28N4O2. The number of carbonyl (C=O) groups is 2. The van der Waals surface area contributed by atoms with Gasteiger partial charge in [-0.3, -0.25) is 9.59 Å². The first-order chi connectivity index (χ1) is 13.0. The minimum absolute atomic E-state index is 0.0444. The highest BCUT2D eigenvalue weighted by Crippen LogP contribution is 2.44. The standard InChI is InChI=1S/C21H28N4O2/c1-24(2)19(26)13-25-10-8-15-6-7-17(11-18(15)25)23-20(27)21-9-4-3-5-16(21)12-22-14-21/h6-8,10-11,16,22H,3-5,9,12-14H2,1-2H3,(H,23,27)/t16-,21+/m0/s1. The van der Waals surface area contributed by atoms with Crippen LogP contribution in [0.25, 0.3) is 10.9 Å². The number of amides is 2. The molecule has 1 saturated heterocycles. The molecule has 1 saturated carbocycles. The zero-order valence-corrected chi connectivity index (χ0v) is 16.1. The normalized spacial score (nSPS) is 24.6. The average molecular weight is 368 g/mol. The Morgan fingerprint density at radius 2 is 2.15 bits per heavy atom. The number of hydrogen-bond acceptors (Lipinski definition) is 3. The molecule has 144 valence electrons. The molecule has 6 heteroatoms. The number of hydrogen-bond donors (Lipinski definition) is 2. The van der Waals surface area contributed by atoms with E-state index < -0.39 is 0 Å². The number of aromatic nitrogens is 1. The highest BCUT2D eigenvalue weighted by atomic mass is 16.2. The molecule has 0 radical (unpaired) electrons. The second kappa shape index (κ2) is 7.00. The number of rotatable bonds is 4. The van der Waals surface area contributed by atoms with Crippen molar-refractivity contribution < 1.29 is 9.59 Å².